The minimum absolute atomic E-state index is 0.0612. The van der Waals surface area contributed by atoms with Crippen molar-refractivity contribution in [2.24, 2.45) is 5.92 Å². The van der Waals surface area contributed by atoms with E-state index in [9.17, 15) is 9.50 Å². The smallest absolute Gasteiger partial charge is 0.126 e. The number of ether oxygens (including phenoxy) is 1. The van der Waals surface area contributed by atoms with Crippen LogP contribution in [0.5, 0.6) is 5.75 Å². The van der Waals surface area contributed by atoms with Gasteiger partial charge in [0.2, 0.25) is 0 Å². The topological polar surface area (TPSA) is 41.5 Å². The lowest BCUT2D eigenvalue weighted by Gasteiger charge is -2.33. The molecule has 0 amide bonds. The quantitative estimate of drug-likeness (QED) is 0.796. The summed E-state index contributed by atoms with van der Waals surface area (Å²) in [5.41, 5.74) is 0.207. The number of aliphatic hydroxyl groups excluding tert-OH is 1. The molecule has 1 atom stereocenters. The molecule has 2 N–H and O–H groups in total. The molecule has 0 heterocycles. The van der Waals surface area contributed by atoms with Crippen molar-refractivity contribution in [3.63, 3.8) is 0 Å². The number of hydrogen-bond acceptors (Lipinski definition) is 3. The van der Waals surface area contributed by atoms with Crippen LogP contribution in [0.1, 0.15) is 25.3 Å². The van der Waals surface area contributed by atoms with E-state index in [1.807, 2.05) is 6.92 Å². The van der Waals surface area contributed by atoms with Crippen molar-refractivity contribution >= 4 is 0 Å². The van der Waals surface area contributed by atoms with E-state index in [4.69, 9.17) is 4.74 Å². The molecule has 1 unspecified atom stereocenters. The third kappa shape index (κ3) is 3.25. The van der Waals surface area contributed by atoms with E-state index in [2.05, 4.69) is 5.32 Å². The maximum absolute atomic E-state index is 13.2. The zero-order chi connectivity index (χ0) is 13.9. The second-order valence-electron chi connectivity index (χ2n) is 5.32. The van der Waals surface area contributed by atoms with Gasteiger partial charge in [-0.05, 0) is 56.0 Å². The minimum Gasteiger partial charge on any atom is -0.492 e. The van der Waals surface area contributed by atoms with E-state index < -0.39 is 0 Å². The Morgan fingerprint density at radius 1 is 1.47 bits per heavy atom. The zero-order valence-corrected chi connectivity index (χ0v) is 11.6. The van der Waals surface area contributed by atoms with Crippen LogP contribution in [-0.2, 0) is 0 Å². The summed E-state index contributed by atoms with van der Waals surface area (Å²) in [6.07, 6.45) is 2.25. The molecule has 1 aliphatic rings. The van der Waals surface area contributed by atoms with Crippen molar-refractivity contribution in [2.45, 2.75) is 32.2 Å². The average molecular weight is 267 g/mol. The van der Waals surface area contributed by atoms with Crippen LogP contribution in [0.3, 0.4) is 0 Å². The molecule has 0 aromatic heterocycles. The Morgan fingerprint density at radius 3 is 2.74 bits per heavy atom. The molecule has 1 aliphatic carbocycles. The maximum atomic E-state index is 13.2. The van der Waals surface area contributed by atoms with Crippen molar-refractivity contribution in [2.75, 3.05) is 19.8 Å². The van der Waals surface area contributed by atoms with Gasteiger partial charge in [-0.3, -0.25) is 0 Å². The standard InChI is InChI=1S/C15H22FNO2/c1-3-17-15(9-18,12-4-5-12)10-19-13-6-7-14(16)11(2)8-13/h6-8,12,17-18H,3-5,9-10H2,1-2H3. The molecular weight excluding hydrogens is 245 g/mol. The van der Waals surface area contributed by atoms with E-state index in [1.54, 1.807) is 19.1 Å². The second kappa shape index (κ2) is 5.88. The van der Waals surface area contributed by atoms with Crippen LogP contribution in [0, 0.1) is 18.7 Å². The van der Waals surface area contributed by atoms with Gasteiger partial charge in [-0.2, -0.15) is 0 Å². The largest absolute Gasteiger partial charge is 0.492 e. The summed E-state index contributed by atoms with van der Waals surface area (Å²) in [6.45, 7) is 5.00. The number of nitrogens with one attached hydrogen (secondary N) is 1. The predicted molar refractivity (Wildman–Crippen MR) is 72.8 cm³/mol. The first kappa shape index (κ1) is 14.3. The molecule has 0 aliphatic heterocycles. The van der Waals surface area contributed by atoms with E-state index in [0.29, 0.717) is 23.8 Å². The number of benzene rings is 1. The predicted octanol–water partition coefficient (Wildman–Crippen LogP) is 2.26. The summed E-state index contributed by atoms with van der Waals surface area (Å²) >= 11 is 0. The SMILES string of the molecule is CCNC(CO)(COc1ccc(F)c(C)c1)C1CC1. The van der Waals surface area contributed by atoms with Crippen LogP contribution >= 0.6 is 0 Å². The Morgan fingerprint density at radius 2 is 2.21 bits per heavy atom. The monoisotopic (exact) mass is 267 g/mol. The summed E-state index contributed by atoms with van der Waals surface area (Å²) in [4.78, 5) is 0. The normalized spacial score (nSPS) is 18.1. The Bertz CT molecular complexity index is 434. The van der Waals surface area contributed by atoms with Crippen LogP contribution in [0.4, 0.5) is 4.39 Å². The van der Waals surface area contributed by atoms with Gasteiger partial charge in [0.25, 0.3) is 0 Å². The lowest BCUT2D eigenvalue weighted by atomic mass is 9.95. The maximum Gasteiger partial charge on any atom is 0.126 e. The molecule has 0 bridgehead atoms. The highest BCUT2D eigenvalue weighted by atomic mass is 19.1. The average Bonchev–Trinajstić information content (AvgIpc) is 3.23. The molecule has 1 aromatic rings. The van der Waals surface area contributed by atoms with Crippen LogP contribution in [0.15, 0.2) is 18.2 Å². The van der Waals surface area contributed by atoms with Crippen LogP contribution in [0.25, 0.3) is 0 Å². The van der Waals surface area contributed by atoms with Crippen molar-refractivity contribution in [1.29, 1.82) is 0 Å². The highest BCUT2D eigenvalue weighted by Crippen LogP contribution is 2.39. The fourth-order valence-electron chi connectivity index (χ4n) is 2.45. The van der Waals surface area contributed by atoms with Gasteiger partial charge in [0.1, 0.15) is 18.2 Å². The summed E-state index contributed by atoms with van der Waals surface area (Å²) < 4.78 is 19.0. The highest BCUT2D eigenvalue weighted by Gasteiger charge is 2.45. The number of aryl methyl sites for hydroxylation is 1. The van der Waals surface area contributed by atoms with Crippen molar-refractivity contribution < 1.29 is 14.2 Å². The highest BCUT2D eigenvalue weighted by molar-refractivity contribution is 5.29. The summed E-state index contributed by atoms with van der Waals surface area (Å²) in [6, 6.07) is 4.73. The molecule has 0 spiro atoms. The third-order valence-corrected chi connectivity index (χ3v) is 3.80. The van der Waals surface area contributed by atoms with E-state index in [1.165, 1.54) is 6.07 Å². The van der Waals surface area contributed by atoms with Gasteiger partial charge in [-0.15, -0.1) is 0 Å². The van der Waals surface area contributed by atoms with E-state index in [-0.39, 0.29) is 18.0 Å². The van der Waals surface area contributed by atoms with Gasteiger partial charge in [0, 0.05) is 0 Å². The molecule has 4 heteroatoms. The summed E-state index contributed by atoms with van der Waals surface area (Å²) in [7, 11) is 0. The lowest BCUT2D eigenvalue weighted by Crippen LogP contribution is -2.55. The van der Waals surface area contributed by atoms with Crippen molar-refractivity contribution in [3.05, 3.63) is 29.6 Å². The van der Waals surface area contributed by atoms with Crippen LogP contribution < -0.4 is 10.1 Å². The molecule has 2 rings (SSSR count). The number of halogens is 1. The van der Waals surface area contributed by atoms with Gasteiger partial charge in [0.05, 0.1) is 12.1 Å². The molecule has 19 heavy (non-hydrogen) atoms. The molecule has 1 fully saturated rings. The number of rotatable bonds is 7. The van der Waals surface area contributed by atoms with Gasteiger partial charge >= 0.3 is 0 Å². The van der Waals surface area contributed by atoms with Crippen molar-refractivity contribution in [3.8, 4) is 5.75 Å². The first-order chi connectivity index (χ1) is 9.11. The number of aliphatic hydroxyl groups is 1. The number of likely N-dealkylation sites (N-methyl/N-ethyl adjacent to an activating group) is 1. The van der Waals surface area contributed by atoms with Gasteiger partial charge in [0.15, 0.2) is 0 Å². The molecule has 3 nitrogen and oxygen atoms in total. The Hall–Kier alpha value is -1.13. The third-order valence-electron chi connectivity index (χ3n) is 3.80. The molecule has 106 valence electrons. The Kier molecular flexibility index (Phi) is 4.42. The molecule has 1 aromatic carbocycles. The van der Waals surface area contributed by atoms with Crippen LogP contribution in [0.2, 0.25) is 0 Å². The van der Waals surface area contributed by atoms with Crippen LogP contribution in [-0.4, -0.2) is 30.4 Å². The first-order valence-corrected chi connectivity index (χ1v) is 6.86. The fraction of sp³-hybridized carbons (Fsp3) is 0.600. The Balaban J connectivity index is 2.03. The molecule has 1 saturated carbocycles. The van der Waals surface area contributed by atoms with Gasteiger partial charge in [-0.1, -0.05) is 6.92 Å². The molecule has 0 radical (unpaired) electrons. The summed E-state index contributed by atoms with van der Waals surface area (Å²) in [5, 5.41) is 13.0. The van der Waals surface area contributed by atoms with E-state index >= 15 is 0 Å². The molecular formula is C15H22FNO2. The first-order valence-electron chi connectivity index (χ1n) is 6.86. The summed E-state index contributed by atoms with van der Waals surface area (Å²) in [5.74, 6) is 0.893. The molecule has 0 saturated heterocycles. The zero-order valence-electron chi connectivity index (χ0n) is 11.6. The second-order valence-corrected chi connectivity index (χ2v) is 5.32. The van der Waals surface area contributed by atoms with Gasteiger partial charge < -0.3 is 15.2 Å². The van der Waals surface area contributed by atoms with Gasteiger partial charge in [-0.25, -0.2) is 4.39 Å². The van der Waals surface area contributed by atoms with E-state index in [0.717, 1.165) is 19.4 Å². The lowest BCUT2D eigenvalue weighted by molar-refractivity contribution is 0.0863. The Labute approximate surface area is 113 Å². The number of hydrogen-bond donors (Lipinski definition) is 2. The fourth-order valence-corrected chi connectivity index (χ4v) is 2.45. The minimum atomic E-state index is -0.364. The van der Waals surface area contributed by atoms with Crippen molar-refractivity contribution in [1.82, 2.24) is 5.32 Å².